The number of nitrogens with zero attached hydrogens (tertiary/aromatic N) is 2. The van der Waals surface area contributed by atoms with Gasteiger partial charge in [0.05, 0.1) is 30.6 Å². The van der Waals surface area contributed by atoms with Gasteiger partial charge in [-0.15, -0.1) is 13.2 Å². The fourth-order valence-electron chi connectivity index (χ4n) is 6.87. The van der Waals surface area contributed by atoms with E-state index in [0.717, 1.165) is 24.8 Å². The van der Waals surface area contributed by atoms with E-state index in [1.807, 2.05) is 30.3 Å². The van der Waals surface area contributed by atoms with Gasteiger partial charge in [0.2, 0.25) is 17.7 Å². The Morgan fingerprint density at radius 2 is 2.00 bits per heavy atom. The first-order valence-electron chi connectivity index (χ1n) is 15.5. The van der Waals surface area contributed by atoms with Gasteiger partial charge in [-0.05, 0) is 24.8 Å². The minimum absolute atomic E-state index is 0.0486. The van der Waals surface area contributed by atoms with Gasteiger partial charge in [-0.25, -0.2) is 0 Å². The fourth-order valence-corrected chi connectivity index (χ4v) is 7.82. The number of carbonyl (C=O) groups excluding carboxylic acids is 4. The molecule has 44 heavy (non-hydrogen) atoms. The molecule has 2 N–H and O–H groups in total. The molecule has 3 aliphatic heterocycles. The molecule has 1 spiro atoms. The smallest absolute Gasteiger partial charge is 0.306 e. The van der Waals surface area contributed by atoms with Gasteiger partial charge in [0.25, 0.3) is 0 Å². The van der Waals surface area contributed by atoms with Crippen molar-refractivity contribution in [2.45, 2.75) is 74.1 Å². The van der Waals surface area contributed by atoms with Gasteiger partial charge in [-0.1, -0.05) is 78.2 Å². The molecule has 240 valence electrons. The van der Waals surface area contributed by atoms with E-state index in [0.29, 0.717) is 25.9 Å². The van der Waals surface area contributed by atoms with Crippen LogP contribution in [0, 0.1) is 11.8 Å². The molecule has 0 aromatic heterocycles. The summed E-state index contributed by atoms with van der Waals surface area (Å²) in [6.45, 7) is 9.89. The number of esters is 1. The molecule has 1 aromatic carbocycles. The number of amides is 3. The minimum atomic E-state index is -1.23. The van der Waals surface area contributed by atoms with Crippen LogP contribution in [0.4, 0.5) is 0 Å². The predicted molar refractivity (Wildman–Crippen MR) is 169 cm³/mol. The summed E-state index contributed by atoms with van der Waals surface area (Å²) in [5, 5.41) is 12.9. The van der Waals surface area contributed by atoms with Crippen LogP contribution in [0.5, 0.6) is 0 Å². The van der Waals surface area contributed by atoms with E-state index < -0.39 is 47.5 Å². The normalized spacial score (nSPS) is 27.5. The summed E-state index contributed by atoms with van der Waals surface area (Å²) in [5.41, 5.74) is -0.486. The van der Waals surface area contributed by atoms with Crippen molar-refractivity contribution >= 4 is 39.6 Å². The van der Waals surface area contributed by atoms with Gasteiger partial charge in [0.15, 0.2) is 0 Å². The molecule has 4 rings (SSSR count). The zero-order valence-corrected chi connectivity index (χ0v) is 27.0. The number of aliphatic hydroxyl groups excluding tert-OH is 1. The van der Waals surface area contributed by atoms with Gasteiger partial charge < -0.3 is 29.7 Å². The van der Waals surface area contributed by atoms with Crippen LogP contribution in [0.25, 0.3) is 0 Å². The number of benzene rings is 1. The molecule has 3 fully saturated rings. The lowest BCUT2D eigenvalue weighted by molar-refractivity contribution is -0.148. The molecule has 7 atom stereocenters. The molecule has 11 heteroatoms. The number of carbonyl (C=O) groups is 4. The summed E-state index contributed by atoms with van der Waals surface area (Å²) in [7, 11) is 0. The van der Waals surface area contributed by atoms with E-state index in [4.69, 9.17) is 9.47 Å². The van der Waals surface area contributed by atoms with Gasteiger partial charge in [0, 0.05) is 30.9 Å². The van der Waals surface area contributed by atoms with E-state index in [1.54, 1.807) is 17.1 Å². The van der Waals surface area contributed by atoms with E-state index in [1.165, 1.54) is 4.90 Å². The van der Waals surface area contributed by atoms with Gasteiger partial charge in [0.1, 0.15) is 18.2 Å². The molecule has 3 saturated heterocycles. The quantitative estimate of drug-likeness (QED) is 0.113. The number of ether oxygens (including phenoxy) is 2. The third kappa shape index (κ3) is 6.79. The number of nitrogens with one attached hydrogen (secondary N) is 1. The van der Waals surface area contributed by atoms with Gasteiger partial charge >= 0.3 is 5.97 Å². The first-order chi connectivity index (χ1) is 21.2. The summed E-state index contributed by atoms with van der Waals surface area (Å²) >= 11 is 3.69. The zero-order chi connectivity index (χ0) is 31.9. The number of alkyl halides is 1. The summed E-state index contributed by atoms with van der Waals surface area (Å²) < 4.78 is 12.1. The maximum absolute atomic E-state index is 14.2. The highest BCUT2D eigenvalue weighted by atomic mass is 79.9. The van der Waals surface area contributed by atoms with Crippen molar-refractivity contribution in [3.8, 4) is 0 Å². The number of hydrogen-bond acceptors (Lipinski definition) is 7. The average Bonchev–Trinajstić information content (AvgIpc) is 3.61. The Bertz CT molecular complexity index is 1210. The second-order valence-electron chi connectivity index (χ2n) is 11.7. The number of β-amino-alcohol motifs (C(OH)–C–C–N with tert-alkyl or cyclic N) is 1. The standard InChI is InChI=1S/C33H44BrN3O7/c1-4-7-12-17-36(16-6-3)32(42)29-33-20-23(34)28(44-33)26(27(33)31(41)37(29)18-19-38)30(40)35-24(22-13-10-9-11-14-22)21-43-25(39)15-8-5-2/h5-6,9-11,13-14,23-24,26-29,38H,2-4,7-8,12,15-21H2,1H3,(H,35,40)/t23?,24-,26-,27+,28-,29-,33+/m1/s1. The highest BCUT2D eigenvalue weighted by Crippen LogP contribution is 2.60. The topological polar surface area (TPSA) is 125 Å². The molecular formula is C33H44BrN3O7. The molecule has 1 aromatic rings. The van der Waals surface area contributed by atoms with Crippen LogP contribution >= 0.6 is 15.9 Å². The van der Waals surface area contributed by atoms with Crippen LogP contribution in [0.15, 0.2) is 55.6 Å². The molecule has 0 radical (unpaired) electrons. The first-order valence-corrected chi connectivity index (χ1v) is 16.4. The van der Waals surface area contributed by atoms with Crippen LogP contribution < -0.4 is 5.32 Å². The number of hydrogen-bond donors (Lipinski definition) is 2. The summed E-state index contributed by atoms with van der Waals surface area (Å²) in [4.78, 5) is 57.5. The van der Waals surface area contributed by atoms with Crippen LogP contribution in [0.3, 0.4) is 0 Å². The second kappa shape index (κ2) is 15.3. The summed E-state index contributed by atoms with van der Waals surface area (Å²) in [5.74, 6) is -3.26. The first kappa shape index (κ1) is 33.9. The minimum Gasteiger partial charge on any atom is -0.463 e. The van der Waals surface area contributed by atoms with E-state index >= 15 is 0 Å². The molecule has 3 amide bonds. The van der Waals surface area contributed by atoms with Crippen molar-refractivity contribution in [1.29, 1.82) is 0 Å². The third-order valence-electron chi connectivity index (χ3n) is 8.84. The van der Waals surface area contributed by atoms with Crippen LogP contribution in [0.2, 0.25) is 0 Å². The maximum atomic E-state index is 14.2. The lowest BCUT2D eigenvalue weighted by Gasteiger charge is -2.37. The molecule has 0 aliphatic carbocycles. The Balaban J connectivity index is 1.62. The van der Waals surface area contributed by atoms with Crippen molar-refractivity contribution < 1.29 is 33.8 Å². The predicted octanol–water partition coefficient (Wildman–Crippen LogP) is 3.30. The third-order valence-corrected chi connectivity index (χ3v) is 9.69. The molecule has 10 nitrogen and oxygen atoms in total. The van der Waals surface area contributed by atoms with Crippen molar-refractivity contribution in [3.05, 3.63) is 61.2 Å². The van der Waals surface area contributed by atoms with Crippen molar-refractivity contribution in [2.24, 2.45) is 11.8 Å². The molecule has 3 heterocycles. The Kier molecular flexibility index (Phi) is 11.8. The number of aliphatic hydroxyl groups is 1. The average molecular weight is 675 g/mol. The SMILES string of the molecule is C=CCCC(=O)OC[C@@H](NC(=O)[C@H]1[C@@H]2O[C@@]3(CC2Br)[C@@H]1C(=O)N(CCO)[C@@H]3C(=O)N(CC=C)CCCCC)c1ccccc1. The zero-order valence-electron chi connectivity index (χ0n) is 25.4. The molecule has 0 saturated carbocycles. The van der Waals surface area contributed by atoms with Crippen molar-refractivity contribution in [3.63, 3.8) is 0 Å². The molecular weight excluding hydrogens is 630 g/mol. The number of unbranched alkanes of at least 4 members (excludes halogenated alkanes) is 2. The molecule has 3 aliphatic rings. The van der Waals surface area contributed by atoms with Crippen LogP contribution in [-0.2, 0) is 28.7 Å². The number of likely N-dealkylation sites (tertiary alicyclic amines) is 1. The van der Waals surface area contributed by atoms with Gasteiger partial charge in [-0.2, -0.15) is 0 Å². The number of halogens is 1. The van der Waals surface area contributed by atoms with E-state index in [9.17, 15) is 24.3 Å². The Labute approximate surface area is 267 Å². The lowest BCUT2D eigenvalue weighted by atomic mass is 9.70. The highest BCUT2D eigenvalue weighted by Gasteiger charge is 2.76. The second-order valence-corrected chi connectivity index (χ2v) is 12.9. The number of rotatable bonds is 17. The molecule has 1 unspecified atom stereocenters. The number of fused-ring (bicyclic) bond motifs is 1. The Morgan fingerprint density at radius 3 is 2.66 bits per heavy atom. The summed E-state index contributed by atoms with van der Waals surface area (Å²) in [6, 6.07) is 7.54. The van der Waals surface area contributed by atoms with Crippen LogP contribution in [0.1, 0.15) is 57.1 Å². The monoisotopic (exact) mass is 673 g/mol. The molecule has 2 bridgehead atoms. The van der Waals surface area contributed by atoms with Crippen molar-refractivity contribution in [1.82, 2.24) is 15.1 Å². The summed E-state index contributed by atoms with van der Waals surface area (Å²) in [6.07, 6.45) is 6.44. The van der Waals surface area contributed by atoms with Crippen molar-refractivity contribution in [2.75, 3.05) is 32.8 Å². The van der Waals surface area contributed by atoms with E-state index in [-0.39, 0.29) is 42.8 Å². The number of allylic oxidation sites excluding steroid dienone is 1. The van der Waals surface area contributed by atoms with E-state index in [2.05, 4.69) is 41.3 Å². The van der Waals surface area contributed by atoms with Gasteiger partial charge in [-0.3, -0.25) is 19.2 Å². The Morgan fingerprint density at radius 1 is 1.25 bits per heavy atom. The largest absolute Gasteiger partial charge is 0.463 e. The lowest BCUT2D eigenvalue weighted by Crippen LogP contribution is -2.57. The Hall–Kier alpha value is -3.02. The highest BCUT2D eigenvalue weighted by molar-refractivity contribution is 9.09. The van der Waals surface area contributed by atoms with Crippen LogP contribution in [-0.4, -0.2) is 94.0 Å². The maximum Gasteiger partial charge on any atom is 0.306 e. The fraction of sp³-hybridized carbons (Fsp3) is 0.576.